The third-order valence-electron chi connectivity index (χ3n) is 4.10. The lowest BCUT2D eigenvalue weighted by atomic mass is 10.0. The van der Waals surface area contributed by atoms with E-state index in [2.05, 4.69) is 42.2 Å². The van der Waals surface area contributed by atoms with Crippen molar-refractivity contribution in [1.82, 2.24) is 4.90 Å². The largest absolute Gasteiger partial charge is 0.326 e. The van der Waals surface area contributed by atoms with Gasteiger partial charge < -0.3 is 5.73 Å². The summed E-state index contributed by atoms with van der Waals surface area (Å²) >= 11 is 1.84. The maximum atomic E-state index is 5.75. The summed E-state index contributed by atoms with van der Waals surface area (Å²) in [5, 5.41) is 0. The monoisotopic (exact) mass is 286 g/mol. The molecule has 2 nitrogen and oxygen atoms in total. The van der Waals surface area contributed by atoms with Gasteiger partial charge in [0, 0.05) is 29.4 Å². The zero-order valence-corrected chi connectivity index (χ0v) is 12.9. The van der Waals surface area contributed by atoms with Crippen LogP contribution < -0.4 is 5.73 Å². The van der Waals surface area contributed by atoms with Crippen LogP contribution in [0, 0.1) is 6.92 Å². The Kier molecular flexibility index (Phi) is 4.20. The molecule has 0 amide bonds. The second-order valence-electron chi connectivity index (χ2n) is 5.58. The van der Waals surface area contributed by atoms with Crippen LogP contribution in [-0.2, 0) is 26.1 Å². The summed E-state index contributed by atoms with van der Waals surface area (Å²) in [4.78, 5) is 5.29. The van der Waals surface area contributed by atoms with Gasteiger partial charge in [0.25, 0.3) is 0 Å². The first-order chi connectivity index (χ1) is 9.76. The minimum absolute atomic E-state index is 0.661. The summed E-state index contributed by atoms with van der Waals surface area (Å²) in [7, 11) is 0. The van der Waals surface area contributed by atoms with E-state index in [1.54, 1.807) is 0 Å². The van der Waals surface area contributed by atoms with E-state index in [0.717, 1.165) is 13.1 Å². The molecule has 2 N–H and O–H groups in total. The number of hydrogen-bond acceptors (Lipinski definition) is 3. The topological polar surface area (TPSA) is 29.3 Å². The number of nitrogens with zero attached hydrogens (tertiary/aromatic N) is 1. The molecular formula is C17H22N2S. The van der Waals surface area contributed by atoms with Gasteiger partial charge in [-0.05, 0) is 49.1 Å². The lowest BCUT2D eigenvalue weighted by molar-refractivity contribution is 0.261. The second-order valence-corrected chi connectivity index (χ2v) is 6.92. The molecule has 0 saturated carbocycles. The van der Waals surface area contributed by atoms with Crippen molar-refractivity contribution in [2.24, 2.45) is 5.73 Å². The van der Waals surface area contributed by atoms with Gasteiger partial charge in [0.2, 0.25) is 0 Å². The Morgan fingerprint density at radius 2 is 2.05 bits per heavy atom. The number of hydrogen-bond donors (Lipinski definition) is 1. The summed E-state index contributed by atoms with van der Waals surface area (Å²) in [5.74, 6) is 0. The molecule has 2 aromatic rings. The van der Waals surface area contributed by atoms with Crippen LogP contribution in [0.25, 0.3) is 0 Å². The molecule has 0 saturated heterocycles. The van der Waals surface area contributed by atoms with Crippen molar-refractivity contribution in [3.8, 4) is 0 Å². The van der Waals surface area contributed by atoms with Crippen LogP contribution in [0.5, 0.6) is 0 Å². The normalized spacial score (nSPS) is 15.9. The molecule has 20 heavy (non-hydrogen) atoms. The van der Waals surface area contributed by atoms with Gasteiger partial charge in [0.05, 0.1) is 0 Å². The van der Waals surface area contributed by atoms with Crippen molar-refractivity contribution < 1.29 is 0 Å². The van der Waals surface area contributed by atoms with E-state index < -0.39 is 0 Å². The van der Waals surface area contributed by atoms with Gasteiger partial charge in [-0.1, -0.05) is 24.3 Å². The van der Waals surface area contributed by atoms with E-state index in [-0.39, 0.29) is 0 Å². The molecule has 0 spiro atoms. The van der Waals surface area contributed by atoms with E-state index in [1.807, 2.05) is 11.3 Å². The maximum Gasteiger partial charge on any atom is 0.0274 e. The average molecular weight is 286 g/mol. The third kappa shape index (κ3) is 2.95. The number of rotatable bonds is 3. The number of thiophene rings is 1. The van der Waals surface area contributed by atoms with Crippen LogP contribution in [0.4, 0.5) is 0 Å². The van der Waals surface area contributed by atoms with Crippen LogP contribution in [0.1, 0.15) is 32.9 Å². The van der Waals surface area contributed by atoms with Crippen LogP contribution in [0.15, 0.2) is 30.3 Å². The van der Waals surface area contributed by atoms with Crippen molar-refractivity contribution in [3.05, 3.63) is 56.8 Å². The molecule has 1 aliphatic heterocycles. The van der Waals surface area contributed by atoms with Gasteiger partial charge in [-0.25, -0.2) is 0 Å². The summed E-state index contributed by atoms with van der Waals surface area (Å²) in [6.07, 6.45) is 2.47. The lowest BCUT2D eigenvalue weighted by Crippen LogP contribution is -2.22. The lowest BCUT2D eigenvalue weighted by Gasteiger charge is -2.20. The number of fused-ring (bicyclic) bond motifs is 1. The van der Waals surface area contributed by atoms with E-state index in [0.29, 0.717) is 6.54 Å². The van der Waals surface area contributed by atoms with Crippen molar-refractivity contribution >= 4 is 11.3 Å². The fourth-order valence-corrected chi connectivity index (χ4v) is 3.92. The van der Waals surface area contributed by atoms with E-state index in [1.165, 1.54) is 45.8 Å². The van der Waals surface area contributed by atoms with Crippen molar-refractivity contribution in [2.75, 3.05) is 6.54 Å². The van der Waals surface area contributed by atoms with Gasteiger partial charge in [0.15, 0.2) is 0 Å². The Balaban J connectivity index is 1.76. The Morgan fingerprint density at radius 3 is 2.80 bits per heavy atom. The molecule has 0 fully saturated rings. The van der Waals surface area contributed by atoms with Crippen LogP contribution in [0.2, 0.25) is 0 Å². The predicted octanol–water partition coefficient (Wildman–Crippen LogP) is 3.46. The summed E-state index contributed by atoms with van der Waals surface area (Å²) < 4.78 is 0. The van der Waals surface area contributed by atoms with E-state index in [4.69, 9.17) is 5.73 Å². The fraction of sp³-hybridized carbons (Fsp3) is 0.412. The first-order valence-corrected chi connectivity index (χ1v) is 8.15. The van der Waals surface area contributed by atoms with Gasteiger partial charge in [-0.15, -0.1) is 11.3 Å². The summed E-state index contributed by atoms with van der Waals surface area (Å²) in [6.45, 7) is 6.18. The zero-order valence-electron chi connectivity index (χ0n) is 12.1. The van der Waals surface area contributed by atoms with E-state index in [9.17, 15) is 0 Å². The SMILES string of the molecule is Cc1sc(CN)cc1CN1CCCc2ccccc2C1. The van der Waals surface area contributed by atoms with Gasteiger partial charge in [-0.2, -0.15) is 0 Å². The first kappa shape index (κ1) is 13.8. The molecule has 0 bridgehead atoms. The summed E-state index contributed by atoms with van der Waals surface area (Å²) in [5.41, 5.74) is 10.2. The van der Waals surface area contributed by atoms with Crippen LogP contribution in [-0.4, -0.2) is 11.4 Å². The highest BCUT2D eigenvalue weighted by atomic mass is 32.1. The summed E-state index contributed by atoms with van der Waals surface area (Å²) in [6, 6.07) is 11.2. The molecule has 3 heteroatoms. The number of benzene rings is 1. The molecule has 0 radical (unpaired) electrons. The Labute approximate surface area is 125 Å². The smallest absolute Gasteiger partial charge is 0.0274 e. The predicted molar refractivity (Wildman–Crippen MR) is 85.8 cm³/mol. The fourth-order valence-electron chi connectivity index (χ4n) is 2.99. The Bertz CT molecular complexity index is 588. The highest BCUT2D eigenvalue weighted by Gasteiger charge is 2.15. The molecule has 0 unspecified atom stereocenters. The van der Waals surface area contributed by atoms with Gasteiger partial charge in [0.1, 0.15) is 0 Å². The molecule has 3 rings (SSSR count). The van der Waals surface area contributed by atoms with Gasteiger partial charge in [-0.3, -0.25) is 4.90 Å². The average Bonchev–Trinajstić information content (AvgIpc) is 2.69. The molecule has 0 aliphatic carbocycles. The molecule has 2 heterocycles. The zero-order chi connectivity index (χ0) is 13.9. The molecular weight excluding hydrogens is 264 g/mol. The third-order valence-corrected chi connectivity index (χ3v) is 5.21. The van der Waals surface area contributed by atoms with Crippen molar-refractivity contribution in [1.29, 1.82) is 0 Å². The van der Waals surface area contributed by atoms with Crippen molar-refractivity contribution in [3.63, 3.8) is 0 Å². The number of nitrogens with two attached hydrogens (primary N) is 1. The molecule has 106 valence electrons. The second kappa shape index (κ2) is 6.08. The quantitative estimate of drug-likeness (QED) is 0.936. The maximum absolute atomic E-state index is 5.75. The standard InChI is InChI=1S/C17H22N2S/c1-13-16(9-17(10-18)20-13)12-19-8-4-7-14-5-2-3-6-15(14)11-19/h2-3,5-6,9H,4,7-8,10-12,18H2,1H3. The first-order valence-electron chi connectivity index (χ1n) is 7.33. The highest BCUT2D eigenvalue weighted by Crippen LogP contribution is 2.25. The van der Waals surface area contributed by atoms with Crippen LogP contribution in [0.3, 0.4) is 0 Å². The number of aryl methyl sites for hydroxylation is 2. The van der Waals surface area contributed by atoms with Crippen molar-refractivity contribution in [2.45, 2.75) is 39.4 Å². The Morgan fingerprint density at radius 1 is 1.25 bits per heavy atom. The molecule has 1 aromatic heterocycles. The highest BCUT2D eigenvalue weighted by molar-refractivity contribution is 7.12. The van der Waals surface area contributed by atoms with E-state index >= 15 is 0 Å². The Hall–Kier alpha value is -1.16. The minimum Gasteiger partial charge on any atom is -0.326 e. The molecule has 1 aliphatic rings. The van der Waals surface area contributed by atoms with Gasteiger partial charge >= 0.3 is 0 Å². The van der Waals surface area contributed by atoms with Crippen LogP contribution >= 0.6 is 11.3 Å². The molecule has 0 atom stereocenters. The molecule has 1 aromatic carbocycles. The minimum atomic E-state index is 0.661.